The van der Waals surface area contributed by atoms with Gasteiger partial charge in [-0.15, -0.1) is 0 Å². The second kappa shape index (κ2) is 5.20. The highest BCUT2D eigenvalue weighted by atomic mass is 19.4. The molecular weight excluding hydrogens is 261 g/mol. The van der Waals surface area contributed by atoms with E-state index in [1.165, 1.54) is 0 Å². The van der Waals surface area contributed by atoms with Crippen LogP contribution in [0.2, 0.25) is 0 Å². The van der Waals surface area contributed by atoms with Gasteiger partial charge in [-0.3, -0.25) is 14.4 Å². The third kappa shape index (κ3) is 3.46. The zero-order valence-electron chi connectivity index (χ0n) is 10.5. The van der Waals surface area contributed by atoms with Crippen molar-refractivity contribution >= 4 is 5.91 Å². The standard InChI is InChI=1S/C11H15F3N4O/c1-16-7-9(6-15-16)8-17-2-4-18(5-3-17)10(19)11(12,13)14/h6-7H,2-5,8H2,1H3. The molecule has 2 heterocycles. The monoisotopic (exact) mass is 276 g/mol. The first-order chi connectivity index (χ1) is 8.86. The number of piperazine rings is 1. The number of alkyl halides is 3. The van der Waals surface area contributed by atoms with Gasteiger partial charge >= 0.3 is 12.1 Å². The van der Waals surface area contributed by atoms with Crippen molar-refractivity contribution in [3.05, 3.63) is 18.0 Å². The van der Waals surface area contributed by atoms with E-state index >= 15 is 0 Å². The Morgan fingerprint density at radius 2 is 1.95 bits per heavy atom. The molecule has 0 spiro atoms. The van der Waals surface area contributed by atoms with E-state index in [0.717, 1.165) is 10.5 Å². The molecule has 106 valence electrons. The number of halogens is 3. The molecule has 0 radical (unpaired) electrons. The van der Waals surface area contributed by atoms with Crippen LogP contribution in [0.4, 0.5) is 13.2 Å². The van der Waals surface area contributed by atoms with E-state index in [9.17, 15) is 18.0 Å². The highest BCUT2D eigenvalue weighted by Crippen LogP contribution is 2.19. The van der Waals surface area contributed by atoms with E-state index in [0.29, 0.717) is 19.6 Å². The third-order valence-electron chi connectivity index (χ3n) is 3.07. The molecule has 1 aliphatic rings. The van der Waals surface area contributed by atoms with Crippen molar-refractivity contribution in [2.75, 3.05) is 26.2 Å². The van der Waals surface area contributed by atoms with Gasteiger partial charge in [0.25, 0.3) is 0 Å². The van der Waals surface area contributed by atoms with E-state index in [4.69, 9.17) is 0 Å². The smallest absolute Gasteiger partial charge is 0.332 e. The summed E-state index contributed by atoms with van der Waals surface area (Å²) < 4.78 is 38.5. The molecule has 1 aromatic heterocycles. The molecule has 19 heavy (non-hydrogen) atoms. The van der Waals surface area contributed by atoms with Gasteiger partial charge in [-0.05, 0) is 0 Å². The van der Waals surface area contributed by atoms with Gasteiger partial charge in [0.05, 0.1) is 6.20 Å². The predicted molar refractivity (Wildman–Crippen MR) is 61.1 cm³/mol. The summed E-state index contributed by atoms with van der Waals surface area (Å²) in [6, 6.07) is 0. The van der Waals surface area contributed by atoms with Crippen LogP contribution in [-0.2, 0) is 18.4 Å². The maximum atomic E-state index is 12.3. The molecule has 0 N–H and O–H groups in total. The molecule has 1 saturated heterocycles. The molecule has 2 rings (SSSR count). The summed E-state index contributed by atoms with van der Waals surface area (Å²) >= 11 is 0. The van der Waals surface area contributed by atoms with Crippen molar-refractivity contribution in [2.45, 2.75) is 12.7 Å². The highest BCUT2D eigenvalue weighted by molar-refractivity contribution is 5.81. The summed E-state index contributed by atoms with van der Waals surface area (Å²) in [5, 5.41) is 4.03. The minimum atomic E-state index is -4.77. The molecule has 0 aliphatic carbocycles. The van der Waals surface area contributed by atoms with Crippen LogP contribution >= 0.6 is 0 Å². The molecule has 0 atom stereocenters. The summed E-state index contributed by atoms with van der Waals surface area (Å²) in [5.41, 5.74) is 1.01. The Balaban J connectivity index is 1.84. The molecule has 0 saturated carbocycles. The quantitative estimate of drug-likeness (QED) is 0.795. The SMILES string of the molecule is Cn1cc(CN2CCN(C(=O)C(F)(F)F)CC2)cn1. The van der Waals surface area contributed by atoms with Gasteiger partial charge in [-0.1, -0.05) is 0 Å². The first-order valence-electron chi connectivity index (χ1n) is 5.92. The van der Waals surface area contributed by atoms with Crippen molar-refractivity contribution < 1.29 is 18.0 Å². The number of hydrogen-bond donors (Lipinski definition) is 0. The lowest BCUT2D eigenvalue weighted by Crippen LogP contribution is -2.52. The number of hydrogen-bond acceptors (Lipinski definition) is 3. The van der Waals surface area contributed by atoms with Crippen molar-refractivity contribution in [2.24, 2.45) is 7.05 Å². The molecule has 1 amide bonds. The van der Waals surface area contributed by atoms with Crippen LogP contribution in [0.3, 0.4) is 0 Å². The molecule has 8 heteroatoms. The second-order valence-electron chi connectivity index (χ2n) is 4.59. The van der Waals surface area contributed by atoms with E-state index in [1.807, 2.05) is 18.1 Å². The first-order valence-corrected chi connectivity index (χ1v) is 5.92. The average Bonchev–Trinajstić information content (AvgIpc) is 2.74. The van der Waals surface area contributed by atoms with Crippen LogP contribution in [-0.4, -0.2) is 57.8 Å². The highest BCUT2D eigenvalue weighted by Gasteiger charge is 2.43. The Morgan fingerprint density at radius 3 is 2.42 bits per heavy atom. The lowest BCUT2D eigenvalue weighted by atomic mass is 10.2. The Bertz CT molecular complexity index is 449. The summed E-state index contributed by atoms with van der Waals surface area (Å²) in [6.07, 6.45) is -1.17. The summed E-state index contributed by atoms with van der Waals surface area (Å²) in [6.45, 7) is 1.74. The molecule has 0 aromatic carbocycles. The van der Waals surface area contributed by atoms with Crippen molar-refractivity contribution in [3.8, 4) is 0 Å². The minimum absolute atomic E-state index is 0.110. The maximum Gasteiger partial charge on any atom is 0.471 e. The Kier molecular flexibility index (Phi) is 3.79. The van der Waals surface area contributed by atoms with Gasteiger partial charge in [0.1, 0.15) is 0 Å². The van der Waals surface area contributed by atoms with E-state index in [-0.39, 0.29) is 13.1 Å². The van der Waals surface area contributed by atoms with Gasteiger partial charge in [0.2, 0.25) is 0 Å². The lowest BCUT2D eigenvalue weighted by Gasteiger charge is -2.34. The number of carbonyl (C=O) groups excluding carboxylic acids is 1. The fourth-order valence-electron chi connectivity index (χ4n) is 2.10. The lowest BCUT2D eigenvalue weighted by molar-refractivity contribution is -0.187. The van der Waals surface area contributed by atoms with Gasteiger partial charge in [0.15, 0.2) is 0 Å². The number of rotatable bonds is 2. The van der Waals surface area contributed by atoms with Gasteiger partial charge < -0.3 is 4.90 Å². The van der Waals surface area contributed by atoms with Crippen molar-refractivity contribution in [3.63, 3.8) is 0 Å². The van der Waals surface area contributed by atoms with Crippen LogP contribution in [0, 0.1) is 0 Å². The maximum absolute atomic E-state index is 12.3. The van der Waals surface area contributed by atoms with Crippen LogP contribution in [0.5, 0.6) is 0 Å². The van der Waals surface area contributed by atoms with E-state index in [2.05, 4.69) is 5.10 Å². The zero-order valence-corrected chi connectivity index (χ0v) is 10.5. The fourth-order valence-corrected chi connectivity index (χ4v) is 2.10. The van der Waals surface area contributed by atoms with Crippen molar-refractivity contribution in [1.29, 1.82) is 0 Å². The Morgan fingerprint density at radius 1 is 1.32 bits per heavy atom. The van der Waals surface area contributed by atoms with Gasteiger partial charge in [-0.25, -0.2) is 0 Å². The summed E-state index contributed by atoms with van der Waals surface area (Å²) in [4.78, 5) is 13.9. The third-order valence-corrected chi connectivity index (χ3v) is 3.07. The number of aryl methyl sites for hydroxylation is 1. The topological polar surface area (TPSA) is 41.4 Å². The molecular formula is C11H15F3N4O. The van der Waals surface area contributed by atoms with Gasteiger partial charge in [-0.2, -0.15) is 18.3 Å². The molecule has 0 bridgehead atoms. The second-order valence-corrected chi connectivity index (χ2v) is 4.59. The largest absolute Gasteiger partial charge is 0.471 e. The van der Waals surface area contributed by atoms with E-state index in [1.54, 1.807) is 10.9 Å². The Hall–Kier alpha value is -1.57. The first kappa shape index (κ1) is 13.9. The number of aromatic nitrogens is 2. The zero-order chi connectivity index (χ0) is 14.0. The Labute approximate surface area is 108 Å². The molecule has 0 unspecified atom stereocenters. The predicted octanol–water partition coefficient (Wildman–Crippen LogP) is 0.627. The van der Waals surface area contributed by atoms with Crippen LogP contribution in [0.1, 0.15) is 5.56 Å². The van der Waals surface area contributed by atoms with Crippen LogP contribution in [0.15, 0.2) is 12.4 Å². The van der Waals surface area contributed by atoms with Crippen LogP contribution < -0.4 is 0 Å². The molecule has 1 aromatic rings. The number of amides is 1. The van der Waals surface area contributed by atoms with Crippen LogP contribution in [0.25, 0.3) is 0 Å². The number of nitrogens with zero attached hydrogens (tertiary/aromatic N) is 4. The molecule has 5 nitrogen and oxygen atoms in total. The van der Waals surface area contributed by atoms with E-state index < -0.39 is 12.1 Å². The average molecular weight is 276 g/mol. The van der Waals surface area contributed by atoms with Gasteiger partial charge in [0, 0.05) is 51.5 Å². The van der Waals surface area contributed by atoms with Crippen molar-refractivity contribution in [1.82, 2.24) is 19.6 Å². The molecule has 1 aliphatic heterocycles. The summed E-state index contributed by atoms with van der Waals surface area (Å²) in [7, 11) is 1.81. The minimum Gasteiger partial charge on any atom is -0.332 e. The molecule has 1 fully saturated rings. The number of carbonyl (C=O) groups is 1. The fraction of sp³-hybridized carbons (Fsp3) is 0.636. The summed E-state index contributed by atoms with van der Waals surface area (Å²) in [5.74, 6) is -1.74. The normalized spacial score (nSPS) is 17.8.